The smallest absolute Gasteiger partial charge is 0.416 e. The number of alkyl halides is 3. The molecule has 1 spiro atoms. The van der Waals surface area contributed by atoms with E-state index >= 15 is 0 Å². The Kier molecular flexibility index (Phi) is 6.83. The first-order valence-electron chi connectivity index (χ1n) is 13.0. The summed E-state index contributed by atoms with van der Waals surface area (Å²) < 4.78 is 41.6. The van der Waals surface area contributed by atoms with Gasteiger partial charge in [0, 0.05) is 44.5 Å². The summed E-state index contributed by atoms with van der Waals surface area (Å²) in [4.78, 5) is 43.2. The summed E-state index contributed by atoms with van der Waals surface area (Å²) >= 11 is 0. The number of hydrogen-bond donors (Lipinski definition) is 1. The van der Waals surface area contributed by atoms with Crippen LogP contribution in [-0.2, 0) is 6.18 Å². The fourth-order valence-corrected chi connectivity index (χ4v) is 6.01. The number of rotatable bonds is 3. The van der Waals surface area contributed by atoms with Crippen LogP contribution in [0.4, 0.5) is 23.7 Å². The predicted octanol–water partition coefficient (Wildman–Crippen LogP) is 4.33. The Hall–Kier alpha value is -3.57. The third kappa shape index (κ3) is 4.83. The molecule has 3 fully saturated rings. The largest absolute Gasteiger partial charge is 0.476 e. The lowest BCUT2D eigenvalue weighted by atomic mass is 9.84. The number of carboxylic acids is 1. The molecule has 3 aliphatic rings. The van der Waals surface area contributed by atoms with Crippen molar-refractivity contribution in [2.75, 3.05) is 37.6 Å². The molecule has 0 unspecified atom stereocenters. The van der Waals surface area contributed by atoms with Crippen LogP contribution in [0.3, 0.4) is 0 Å². The number of anilines is 1. The number of aromatic carboxylic acids is 1. The fourth-order valence-electron chi connectivity index (χ4n) is 6.01. The zero-order valence-electron chi connectivity index (χ0n) is 20.9. The zero-order valence-corrected chi connectivity index (χ0v) is 20.9. The van der Waals surface area contributed by atoms with E-state index < -0.39 is 29.3 Å². The van der Waals surface area contributed by atoms with Crippen LogP contribution in [0.2, 0.25) is 0 Å². The van der Waals surface area contributed by atoms with E-state index in [2.05, 4.69) is 5.10 Å². The van der Waals surface area contributed by atoms with Gasteiger partial charge in [-0.05, 0) is 69.2 Å². The van der Waals surface area contributed by atoms with E-state index in [1.165, 1.54) is 18.3 Å². The second-order valence-corrected chi connectivity index (χ2v) is 10.3. The highest BCUT2D eigenvalue weighted by Gasteiger charge is 2.47. The Bertz CT molecular complexity index is 1230. The number of carboxylic acid groups (broad SMARTS) is 1. The van der Waals surface area contributed by atoms with Gasteiger partial charge in [0.2, 0.25) is 0 Å². The Labute approximate surface area is 217 Å². The summed E-state index contributed by atoms with van der Waals surface area (Å²) in [7, 11) is 0. The van der Waals surface area contributed by atoms with Crippen LogP contribution in [0, 0.1) is 0 Å². The standard InChI is InChI=1S/C26H30F3N5O4/c27-26(28,29)18-5-6-19(21(17-18)31-11-2-1-3-12-31)22(35)33-13-4-8-25(33)9-15-32(16-10-25)24(38)34-14-7-20(30-34)23(36)37/h5-7,14,17H,1-4,8-13,15-16H2,(H,36,37). The number of aromatic nitrogens is 2. The van der Waals surface area contributed by atoms with Gasteiger partial charge in [-0.3, -0.25) is 4.79 Å². The fraction of sp³-hybridized carbons (Fsp3) is 0.538. The first-order valence-corrected chi connectivity index (χ1v) is 13.0. The summed E-state index contributed by atoms with van der Waals surface area (Å²) in [6.07, 6.45) is 2.14. The van der Waals surface area contributed by atoms with Gasteiger partial charge in [0.25, 0.3) is 5.91 Å². The highest BCUT2D eigenvalue weighted by atomic mass is 19.4. The average Bonchev–Trinajstić information content (AvgIpc) is 3.56. The van der Waals surface area contributed by atoms with Crippen molar-refractivity contribution < 1.29 is 32.7 Å². The topological polar surface area (TPSA) is 99.0 Å². The molecule has 2 aromatic rings. The van der Waals surface area contributed by atoms with Crippen LogP contribution in [-0.4, -0.2) is 80.9 Å². The molecule has 9 nitrogen and oxygen atoms in total. The van der Waals surface area contributed by atoms with Crippen LogP contribution < -0.4 is 4.90 Å². The molecule has 2 amide bonds. The van der Waals surface area contributed by atoms with Crippen LogP contribution in [0.5, 0.6) is 0 Å². The van der Waals surface area contributed by atoms with Crippen molar-refractivity contribution in [3.63, 3.8) is 0 Å². The van der Waals surface area contributed by atoms with E-state index in [0.717, 1.165) is 48.9 Å². The number of halogens is 3. The van der Waals surface area contributed by atoms with Crippen molar-refractivity contribution in [1.29, 1.82) is 0 Å². The minimum Gasteiger partial charge on any atom is -0.476 e. The van der Waals surface area contributed by atoms with Gasteiger partial charge in [-0.15, -0.1) is 0 Å². The lowest BCUT2D eigenvalue weighted by Crippen LogP contribution is -2.55. The summed E-state index contributed by atoms with van der Waals surface area (Å²) in [6.45, 7) is 2.45. The second kappa shape index (κ2) is 9.95. The lowest BCUT2D eigenvalue weighted by molar-refractivity contribution is -0.137. The first-order chi connectivity index (χ1) is 18.1. The van der Waals surface area contributed by atoms with Gasteiger partial charge in [0.1, 0.15) is 0 Å². The van der Waals surface area contributed by atoms with E-state index in [4.69, 9.17) is 5.11 Å². The summed E-state index contributed by atoms with van der Waals surface area (Å²) in [5, 5.41) is 12.9. The Morgan fingerprint density at radius 1 is 0.895 bits per heavy atom. The molecule has 0 atom stereocenters. The number of nitrogens with zero attached hydrogens (tertiary/aromatic N) is 5. The molecule has 0 radical (unpaired) electrons. The third-order valence-corrected chi connectivity index (χ3v) is 8.06. The number of likely N-dealkylation sites (tertiary alicyclic amines) is 2. The van der Waals surface area contributed by atoms with Gasteiger partial charge in [-0.2, -0.15) is 23.0 Å². The quantitative estimate of drug-likeness (QED) is 0.631. The van der Waals surface area contributed by atoms with Gasteiger partial charge in [0.05, 0.1) is 16.8 Å². The highest BCUT2D eigenvalue weighted by molar-refractivity contribution is 6.00. The number of benzene rings is 1. The molecule has 204 valence electrons. The van der Waals surface area contributed by atoms with E-state index in [-0.39, 0.29) is 17.2 Å². The molecule has 12 heteroatoms. The van der Waals surface area contributed by atoms with Crippen LogP contribution in [0.25, 0.3) is 0 Å². The molecule has 0 bridgehead atoms. The molecule has 1 aromatic carbocycles. The summed E-state index contributed by atoms with van der Waals surface area (Å²) in [5.41, 5.74) is -0.835. The van der Waals surface area contributed by atoms with Crippen LogP contribution >= 0.6 is 0 Å². The van der Waals surface area contributed by atoms with Gasteiger partial charge < -0.3 is 19.8 Å². The molecular weight excluding hydrogens is 503 g/mol. The minimum atomic E-state index is -4.50. The maximum atomic E-state index is 13.9. The third-order valence-electron chi connectivity index (χ3n) is 8.06. The number of carbonyl (C=O) groups excluding carboxylic acids is 2. The van der Waals surface area contributed by atoms with Crippen molar-refractivity contribution in [2.45, 2.75) is 56.7 Å². The van der Waals surface area contributed by atoms with Crippen LogP contribution in [0.15, 0.2) is 30.5 Å². The highest BCUT2D eigenvalue weighted by Crippen LogP contribution is 2.41. The summed E-state index contributed by atoms with van der Waals surface area (Å²) in [6, 6.07) is 4.24. The van der Waals surface area contributed by atoms with E-state index in [1.54, 1.807) is 9.80 Å². The number of hydrogen-bond acceptors (Lipinski definition) is 5. The molecule has 0 saturated carbocycles. The normalized spacial score (nSPS) is 19.7. The SMILES string of the molecule is O=C(O)c1ccn(C(=O)N2CCC3(CCCN3C(=O)c3ccc(C(F)(F)F)cc3N3CCCCC3)CC2)n1. The number of carbonyl (C=O) groups is 3. The van der Waals surface area contributed by atoms with Crippen molar-refractivity contribution in [3.05, 3.63) is 47.3 Å². The molecule has 1 N–H and O–H groups in total. The van der Waals surface area contributed by atoms with E-state index in [9.17, 15) is 27.6 Å². The Morgan fingerprint density at radius 3 is 2.24 bits per heavy atom. The van der Waals surface area contributed by atoms with Gasteiger partial charge >= 0.3 is 18.2 Å². The van der Waals surface area contributed by atoms with Crippen molar-refractivity contribution in [2.24, 2.45) is 0 Å². The van der Waals surface area contributed by atoms with Crippen molar-refractivity contribution in [3.8, 4) is 0 Å². The van der Waals surface area contributed by atoms with Crippen LogP contribution in [0.1, 0.15) is 71.4 Å². The maximum absolute atomic E-state index is 13.9. The first kappa shape index (κ1) is 26.1. The van der Waals surface area contributed by atoms with E-state index in [0.29, 0.717) is 51.3 Å². The number of piperidine rings is 2. The van der Waals surface area contributed by atoms with E-state index in [1.807, 2.05) is 4.90 Å². The van der Waals surface area contributed by atoms with Gasteiger partial charge in [-0.1, -0.05) is 0 Å². The molecule has 3 aliphatic heterocycles. The van der Waals surface area contributed by atoms with Gasteiger partial charge in [-0.25, -0.2) is 9.59 Å². The monoisotopic (exact) mass is 533 g/mol. The molecule has 1 aromatic heterocycles. The molecule has 0 aliphatic carbocycles. The molecule has 38 heavy (non-hydrogen) atoms. The summed E-state index contributed by atoms with van der Waals surface area (Å²) in [5.74, 6) is -1.49. The average molecular weight is 534 g/mol. The minimum absolute atomic E-state index is 0.222. The number of amides is 2. The Balaban J connectivity index is 1.36. The lowest BCUT2D eigenvalue weighted by Gasteiger charge is -2.45. The zero-order chi connectivity index (χ0) is 27.1. The van der Waals surface area contributed by atoms with Crippen molar-refractivity contribution >= 4 is 23.6 Å². The molecule has 4 heterocycles. The Morgan fingerprint density at radius 2 is 1.61 bits per heavy atom. The predicted molar refractivity (Wildman–Crippen MR) is 131 cm³/mol. The molecule has 5 rings (SSSR count). The van der Waals surface area contributed by atoms with Crippen molar-refractivity contribution in [1.82, 2.24) is 19.6 Å². The second-order valence-electron chi connectivity index (χ2n) is 10.3. The maximum Gasteiger partial charge on any atom is 0.416 e. The molecule has 3 saturated heterocycles. The molecular formula is C26H30F3N5O4. The van der Waals surface area contributed by atoms with Gasteiger partial charge in [0.15, 0.2) is 5.69 Å².